The van der Waals surface area contributed by atoms with Crippen LogP contribution >= 0.6 is 0 Å². The second-order valence-corrected chi connectivity index (χ2v) is 8.50. The second-order valence-electron chi connectivity index (χ2n) is 8.50. The minimum atomic E-state index is 0. The van der Waals surface area contributed by atoms with E-state index in [1.54, 1.807) is 0 Å². The molecule has 0 bridgehead atoms. The molecule has 0 aromatic heterocycles. The monoisotopic (exact) mass is 488 g/mol. The molecule has 2 aromatic carbocycles. The number of nitrogens with zero attached hydrogens (tertiary/aromatic N) is 2. The quantitative estimate of drug-likeness (QED) is 0.127. The molecule has 0 aliphatic heterocycles. The SMILES string of the molecule is CCCCCCCC/C=C/C(=N\c1ccccc1)C(/CCCCCC)=N/c1ccccc1.[Ni]. The van der Waals surface area contributed by atoms with Crippen molar-refractivity contribution in [2.24, 2.45) is 9.98 Å². The van der Waals surface area contributed by atoms with Gasteiger partial charge in [-0.15, -0.1) is 0 Å². The maximum atomic E-state index is 5.04. The molecular weight excluding hydrogens is 447 g/mol. The van der Waals surface area contributed by atoms with E-state index in [0.29, 0.717) is 0 Å². The first-order chi connectivity index (χ1) is 15.8. The maximum Gasteiger partial charge on any atom is 0.0848 e. The zero-order valence-electron chi connectivity index (χ0n) is 20.6. The van der Waals surface area contributed by atoms with Crippen LogP contribution < -0.4 is 0 Å². The van der Waals surface area contributed by atoms with E-state index in [9.17, 15) is 0 Å². The van der Waals surface area contributed by atoms with Gasteiger partial charge in [0.25, 0.3) is 0 Å². The molecule has 0 amide bonds. The van der Waals surface area contributed by atoms with Crippen LogP contribution in [-0.4, -0.2) is 11.4 Å². The number of benzene rings is 2. The topological polar surface area (TPSA) is 24.7 Å². The van der Waals surface area contributed by atoms with Gasteiger partial charge in [0.2, 0.25) is 0 Å². The predicted octanol–water partition coefficient (Wildman–Crippen LogP) is 9.81. The Kier molecular flexibility index (Phi) is 17.1. The molecule has 0 heterocycles. The summed E-state index contributed by atoms with van der Waals surface area (Å²) in [5, 5.41) is 0. The van der Waals surface area contributed by atoms with Crippen molar-refractivity contribution in [1.29, 1.82) is 0 Å². The van der Waals surface area contributed by atoms with Crippen molar-refractivity contribution >= 4 is 22.8 Å². The van der Waals surface area contributed by atoms with Crippen LogP contribution in [-0.2, 0) is 16.5 Å². The van der Waals surface area contributed by atoms with E-state index in [2.05, 4.69) is 62.4 Å². The van der Waals surface area contributed by atoms with Gasteiger partial charge in [0.1, 0.15) is 0 Å². The summed E-state index contributed by atoms with van der Waals surface area (Å²) in [7, 11) is 0. The first-order valence-corrected chi connectivity index (χ1v) is 12.8. The van der Waals surface area contributed by atoms with E-state index in [-0.39, 0.29) is 16.5 Å². The largest absolute Gasteiger partial charge is 0.251 e. The third-order valence-electron chi connectivity index (χ3n) is 5.59. The molecule has 0 atom stereocenters. The van der Waals surface area contributed by atoms with Gasteiger partial charge in [0, 0.05) is 16.5 Å². The summed E-state index contributed by atoms with van der Waals surface area (Å²) in [6.45, 7) is 4.53. The van der Waals surface area contributed by atoms with Gasteiger partial charge >= 0.3 is 0 Å². The first-order valence-electron chi connectivity index (χ1n) is 12.8. The molecular formula is C30H42N2Ni. The van der Waals surface area contributed by atoms with Crippen LogP contribution in [0.3, 0.4) is 0 Å². The predicted molar refractivity (Wildman–Crippen MR) is 143 cm³/mol. The van der Waals surface area contributed by atoms with Gasteiger partial charge in [-0.25, -0.2) is 4.99 Å². The van der Waals surface area contributed by atoms with Crippen molar-refractivity contribution in [1.82, 2.24) is 0 Å². The van der Waals surface area contributed by atoms with Crippen molar-refractivity contribution in [3.05, 3.63) is 72.8 Å². The van der Waals surface area contributed by atoms with E-state index >= 15 is 0 Å². The van der Waals surface area contributed by atoms with Crippen molar-refractivity contribution in [3.8, 4) is 0 Å². The molecule has 2 rings (SSSR count). The Morgan fingerprint density at radius 2 is 1.15 bits per heavy atom. The van der Waals surface area contributed by atoms with Crippen molar-refractivity contribution in [2.75, 3.05) is 0 Å². The molecule has 33 heavy (non-hydrogen) atoms. The van der Waals surface area contributed by atoms with Gasteiger partial charge in [-0.3, -0.25) is 4.99 Å². The Bertz CT molecular complexity index is 810. The Balaban J connectivity index is 0.00000544. The number of hydrogen-bond acceptors (Lipinski definition) is 2. The van der Waals surface area contributed by atoms with Crippen molar-refractivity contribution < 1.29 is 16.5 Å². The third kappa shape index (κ3) is 13.3. The van der Waals surface area contributed by atoms with Gasteiger partial charge in [0.15, 0.2) is 0 Å². The fraction of sp³-hybridized carbons (Fsp3) is 0.467. The normalized spacial score (nSPS) is 12.2. The van der Waals surface area contributed by atoms with E-state index in [1.165, 1.54) is 57.8 Å². The van der Waals surface area contributed by atoms with Gasteiger partial charge in [0.05, 0.1) is 22.8 Å². The molecule has 0 N–H and O–H groups in total. The molecule has 0 spiro atoms. The van der Waals surface area contributed by atoms with Gasteiger partial charge < -0.3 is 0 Å². The number of aliphatic imine (C=N–C) groups is 2. The number of allylic oxidation sites excluding steroid dienone is 2. The van der Waals surface area contributed by atoms with Crippen LogP contribution in [0, 0.1) is 0 Å². The zero-order valence-corrected chi connectivity index (χ0v) is 21.6. The van der Waals surface area contributed by atoms with Crippen LogP contribution in [0.15, 0.2) is 82.8 Å². The number of para-hydroxylation sites is 2. The number of hydrogen-bond donors (Lipinski definition) is 0. The minimum absolute atomic E-state index is 0. The van der Waals surface area contributed by atoms with E-state index < -0.39 is 0 Å². The summed E-state index contributed by atoms with van der Waals surface area (Å²) in [6, 6.07) is 20.6. The van der Waals surface area contributed by atoms with Gasteiger partial charge in [-0.2, -0.15) is 0 Å². The fourth-order valence-electron chi connectivity index (χ4n) is 3.70. The summed E-state index contributed by atoms with van der Waals surface area (Å²) < 4.78 is 0. The Morgan fingerprint density at radius 1 is 0.636 bits per heavy atom. The molecule has 2 aromatic rings. The number of unbranched alkanes of at least 4 members (excludes halogenated alkanes) is 9. The van der Waals surface area contributed by atoms with Gasteiger partial charge in [-0.05, 0) is 56.0 Å². The fourth-order valence-corrected chi connectivity index (χ4v) is 3.70. The smallest absolute Gasteiger partial charge is 0.0848 e. The standard InChI is InChI=1S/C30H42N2.Ni/c1-3-5-7-9-10-11-12-20-26-30(32-28-23-17-14-18-24-28)29(25-19-8-6-4-2)31-27-21-15-13-16-22-27;/h13-18,20-24,26H,3-12,19,25H2,1-2H3;/b26-20+,31-29+,32-30+;. The molecule has 2 nitrogen and oxygen atoms in total. The average molecular weight is 489 g/mol. The van der Waals surface area contributed by atoms with Crippen molar-refractivity contribution in [3.63, 3.8) is 0 Å². The Hall–Kier alpha value is -1.99. The minimum Gasteiger partial charge on any atom is -0.251 e. The second kappa shape index (κ2) is 19.5. The maximum absolute atomic E-state index is 5.04. The van der Waals surface area contributed by atoms with Gasteiger partial charge in [-0.1, -0.05) is 108 Å². The molecule has 0 fully saturated rings. The van der Waals surface area contributed by atoms with Crippen LogP contribution in [0.1, 0.15) is 90.9 Å². The molecule has 0 saturated heterocycles. The molecule has 0 unspecified atom stereocenters. The Morgan fingerprint density at radius 3 is 1.76 bits per heavy atom. The summed E-state index contributed by atoms with van der Waals surface area (Å²) >= 11 is 0. The van der Waals surface area contributed by atoms with Crippen LogP contribution in [0.5, 0.6) is 0 Å². The van der Waals surface area contributed by atoms with E-state index in [1.807, 2.05) is 24.3 Å². The van der Waals surface area contributed by atoms with E-state index in [4.69, 9.17) is 9.98 Å². The third-order valence-corrected chi connectivity index (χ3v) is 5.59. The summed E-state index contributed by atoms with van der Waals surface area (Å²) in [6.07, 6.45) is 19.4. The molecule has 3 heteroatoms. The first kappa shape index (κ1) is 29.0. The van der Waals surface area contributed by atoms with Crippen LogP contribution in [0.4, 0.5) is 11.4 Å². The number of rotatable bonds is 16. The summed E-state index contributed by atoms with van der Waals surface area (Å²) in [5.41, 5.74) is 4.09. The van der Waals surface area contributed by atoms with Crippen LogP contribution in [0.25, 0.3) is 0 Å². The van der Waals surface area contributed by atoms with Crippen molar-refractivity contribution in [2.45, 2.75) is 90.9 Å². The molecule has 0 saturated carbocycles. The molecule has 182 valence electrons. The molecule has 0 aliphatic carbocycles. The average Bonchev–Trinajstić information content (AvgIpc) is 2.83. The molecule has 0 radical (unpaired) electrons. The van der Waals surface area contributed by atoms with E-state index in [0.717, 1.165) is 42.1 Å². The summed E-state index contributed by atoms with van der Waals surface area (Å²) in [4.78, 5) is 10.0. The Labute approximate surface area is 212 Å². The van der Waals surface area contributed by atoms with Crippen LogP contribution in [0.2, 0.25) is 0 Å². The molecule has 0 aliphatic rings. The zero-order chi connectivity index (χ0) is 22.7. The summed E-state index contributed by atoms with van der Waals surface area (Å²) in [5.74, 6) is 0.